The van der Waals surface area contributed by atoms with Crippen molar-refractivity contribution in [2.75, 3.05) is 18.4 Å². The number of rotatable bonds is 8. The van der Waals surface area contributed by atoms with Crippen LogP contribution in [0.4, 0.5) is 14.9 Å². The molecule has 184 valence electrons. The SMILES string of the molecule is CC1(c2ccc(F)cc2)NC(=O)N(CC(=O)Nc2ccccc2C(=O)NCCc2ccccc2)C1=O. The standard InChI is InChI=1S/C27H25FN4O4/c1-27(19-11-13-20(28)14-12-19)25(35)32(26(36)31-27)17-23(33)30-22-10-6-5-9-21(22)24(34)29-16-15-18-7-3-2-4-8-18/h2-14H,15-17H2,1H3,(H,29,34)(H,30,33)(H,31,36). The van der Waals surface area contributed by atoms with Crippen molar-refractivity contribution in [3.8, 4) is 0 Å². The minimum atomic E-state index is -1.43. The lowest BCUT2D eigenvalue weighted by molar-refractivity contribution is -0.133. The van der Waals surface area contributed by atoms with Crippen molar-refractivity contribution < 1.29 is 23.6 Å². The second kappa shape index (κ2) is 10.4. The third-order valence-corrected chi connectivity index (χ3v) is 5.99. The van der Waals surface area contributed by atoms with Gasteiger partial charge in [-0.2, -0.15) is 0 Å². The number of carbonyl (C=O) groups excluding carboxylic acids is 4. The van der Waals surface area contributed by atoms with Crippen LogP contribution in [0.3, 0.4) is 0 Å². The van der Waals surface area contributed by atoms with Gasteiger partial charge in [-0.05, 0) is 48.7 Å². The Kier molecular flexibility index (Phi) is 7.10. The fraction of sp³-hybridized carbons (Fsp3) is 0.185. The Morgan fingerprint density at radius 1 is 0.944 bits per heavy atom. The smallest absolute Gasteiger partial charge is 0.325 e. The van der Waals surface area contributed by atoms with E-state index in [2.05, 4.69) is 16.0 Å². The molecule has 3 aromatic carbocycles. The molecule has 0 bridgehead atoms. The van der Waals surface area contributed by atoms with Crippen LogP contribution in [0.2, 0.25) is 0 Å². The predicted molar refractivity (Wildman–Crippen MR) is 132 cm³/mol. The van der Waals surface area contributed by atoms with E-state index in [1.165, 1.54) is 31.2 Å². The van der Waals surface area contributed by atoms with Crippen LogP contribution in [0.5, 0.6) is 0 Å². The number of imide groups is 1. The van der Waals surface area contributed by atoms with Gasteiger partial charge in [-0.15, -0.1) is 0 Å². The number of nitrogens with zero attached hydrogens (tertiary/aromatic N) is 1. The summed E-state index contributed by atoms with van der Waals surface area (Å²) in [5.74, 6) is -2.12. The quantitative estimate of drug-likeness (QED) is 0.423. The van der Waals surface area contributed by atoms with Gasteiger partial charge in [0.25, 0.3) is 11.8 Å². The molecule has 0 radical (unpaired) electrons. The van der Waals surface area contributed by atoms with E-state index in [-0.39, 0.29) is 17.2 Å². The van der Waals surface area contributed by atoms with Crippen molar-refractivity contribution in [2.45, 2.75) is 18.9 Å². The fourth-order valence-corrected chi connectivity index (χ4v) is 4.00. The first-order chi connectivity index (χ1) is 17.3. The summed E-state index contributed by atoms with van der Waals surface area (Å²) in [5.41, 5.74) is 0.560. The molecule has 3 N–H and O–H groups in total. The van der Waals surface area contributed by atoms with Crippen LogP contribution >= 0.6 is 0 Å². The monoisotopic (exact) mass is 488 g/mol. The molecule has 1 unspecified atom stereocenters. The number of anilines is 1. The number of para-hydroxylation sites is 1. The first-order valence-corrected chi connectivity index (χ1v) is 11.4. The number of hydrogen-bond donors (Lipinski definition) is 3. The number of amides is 5. The molecule has 4 rings (SSSR count). The number of carbonyl (C=O) groups is 4. The van der Waals surface area contributed by atoms with Crippen LogP contribution in [-0.4, -0.2) is 41.7 Å². The Labute approximate surface area is 207 Å². The van der Waals surface area contributed by atoms with Gasteiger partial charge in [0.05, 0.1) is 11.3 Å². The maximum Gasteiger partial charge on any atom is 0.325 e. The molecule has 1 atom stereocenters. The molecule has 3 aromatic rings. The minimum Gasteiger partial charge on any atom is -0.352 e. The Morgan fingerprint density at radius 3 is 2.33 bits per heavy atom. The molecule has 5 amide bonds. The van der Waals surface area contributed by atoms with Crippen LogP contribution in [0.1, 0.15) is 28.4 Å². The number of urea groups is 1. The molecular formula is C27H25FN4O4. The first-order valence-electron chi connectivity index (χ1n) is 11.4. The Morgan fingerprint density at radius 2 is 1.61 bits per heavy atom. The van der Waals surface area contributed by atoms with Crippen LogP contribution in [0.25, 0.3) is 0 Å². The molecule has 0 aromatic heterocycles. The summed E-state index contributed by atoms with van der Waals surface area (Å²) in [7, 11) is 0. The molecule has 1 fully saturated rings. The first kappa shape index (κ1) is 24.6. The van der Waals surface area contributed by atoms with E-state index in [9.17, 15) is 23.6 Å². The van der Waals surface area contributed by atoms with E-state index < -0.39 is 35.7 Å². The summed E-state index contributed by atoms with van der Waals surface area (Å²) < 4.78 is 13.3. The van der Waals surface area contributed by atoms with Crippen LogP contribution in [0, 0.1) is 5.82 Å². The van der Waals surface area contributed by atoms with Gasteiger partial charge in [-0.1, -0.05) is 54.6 Å². The van der Waals surface area contributed by atoms with Crippen LogP contribution in [-0.2, 0) is 21.5 Å². The zero-order chi connectivity index (χ0) is 25.7. The lowest BCUT2D eigenvalue weighted by Gasteiger charge is -2.22. The summed E-state index contributed by atoms with van der Waals surface area (Å²) in [6.45, 7) is 1.36. The highest BCUT2D eigenvalue weighted by atomic mass is 19.1. The molecule has 1 heterocycles. The second-order valence-corrected chi connectivity index (χ2v) is 8.54. The topological polar surface area (TPSA) is 108 Å². The van der Waals surface area contributed by atoms with Crippen molar-refractivity contribution in [1.82, 2.24) is 15.5 Å². The van der Waals surface area contributed by atoms with Gasteiger partial charge in [0.1, 0.15) is 17.9 Å². The maximum atomic E-state index is 13.3. The second-order valence-electron chi connectivity index (χ2n) is 8.54. The molecular weight excluding hydrogens is 463 g/mol. The largest absolute Gasteiger partial charge is 0.352 e. The van der Waals surface area contributed by atoms with Crippen molar-refractivity contribution in [2.24, 2.45) is 0 Å². The Hall–Kier alpha value is -4.53. The highest BCUT2D eigenvalue weighted by molar-refractivity contribution is 6.11. The number of nitrogens with one attached hydrogen (secondary N) is 3. The molecule has 0 spiro atoms. The highest BCUT2D eigenvalue weighted by Gasteiger charge is 2.49. The van der Waals surface area contributed by atoms with E-state index >= 15 is 0 Å². The molecule has 1 saturated heterocycles. The minimum absolute atomic E-state index is 0.257. The van der Waals surface area contributed by atoms with Crippen molar-refractivity contribution >= 4 is 29.4 Å². The molecule has 0 aliphatic carbocycles. The molecule has 1 aliphatic rings. The average Bonchev–Trinajstić information content (AvgIpc) is 3.09. The number of hydrogen-bond acceptors (Lipinski definition) is 4. The third-order valence-electron chi connectivity index (χ3n) is 5.99. The van der Waals surface area contributed by atoms with Crippen molar-refractivity contribution in [1.29, 1.82) is 0 Å². The molecule has 9 heteroatoms. The average molecular weight is 489 g/mol. The molecule has 1 aliphatic heterocycles. The van der Waals surface area contributed by atoms with Gasteiger partial charge in [0.2, 0.25) is 5.91 Å². The van der Waals surface area contributed by atoms with Gasteiger partial charge in [0.15, 0.2) is 0 Å². The Bertz CT molecular complexity index is 1300. The Balaban J connectivity index is 1.39. The van der Waals surface area contributed by atoms with Crippen molar-refractivity contribution in [3.05, 3.63) is 101 Å². The van der Waals surface area contributed by atoms with Gasteiger partial charge < -0.3 is 16.0 Å². The van der Waals surface area contributed by atoms with Crippen molar-refractivity contribution in [3.63, 3.8) is 0 Å². The summed E-state index contributed by atoms with van der Waals surface area (Å²) in [4.78, 5) is 51.8. The van der Waals surface area contributed by atoms with Gasteiger partial charge in [0, 0.05) is 6.54 Å². The summed E-state index contributed by atoms with van der Waals surface area (Å²) in [6.07, 6.45) is 0.653. The van der Waals surface area contributed by atoms with E-state index in [4.69, 9.17) is 0 Å². The zero-order valence-electron chi connectivity index (χ0n) is 19.6. The highest BCUT2D eigenvalue weighted by Crippen LogP contribution is 2.29. The lowest BCUT2D eigenvalue weighted by atomic mass is 9.92. The maximum absolute atomic E-state index is 13.3. The molecule has 0 saturated carbocycles. The normalized spacial score (nSPS) is 17.0. The van der Waals surface area contributed by atoms with E-state index in [1.54, 1.807) is 24.3 Å². The molecule has 8 nitrogen and oxygen atoms in total. The number of halogens is 1. The molecule has 36 heavy (non-hydrogen) atoms. The summed E-state index contributed by atoms with van der Waals surface area (Å²) in [6, 6.07) is 20.6. The predicted octanol–water partition coefficient (Wildman–Crippen LogP) is 3.20. The summed E-state index contributed by atoms with van der Waals surface area (Å²) >= 11 is 0. The number of benzene rings is 3. The lowest BCUT2D eigenvalue weighted by Crippen LogP contribution is -2.42. The van der Waals surface area contributed by atoms with Gasteiger partial charge >= 0.3 is 6.03 Å². The fourth-order valence-electron chi connectivity index (χ4n) is 4.00. The summed E-state index contributed by atoms with van der Waals surface area (Å²) in [5, 5.41) is 8.03. The third kappa shape index (κ3) is 5.25. The van der Waals surface area contributed by atoms with E-state index in [0.29, 0.717) is 18.5 Å². The van der Waals surface area contributed by atoms with E-state index in [0.717, 1.165) is 10.5 Å². The van der Waals surface area contributed by atoms with Gasteiger partial charge in [-0.3, -0.25) is 19.3 Å². The van der Waals surface area contributed by atoms with Crippen LogP contribution < -0.4 is 16.0 Å². The van der Waals surface area contributed by atoms with Gasteiger partial charge in [-0.25, -0.2) is 9.18 Å². The van der Waals surface area contributed by atoms with Crippen LogP contribution in [0.15, 0.2) is 78.9 Å². The zero-order valence-corrected chi connectivity index (χ0v) is 19.6. The van der Waals surface area contributed by atoms with E-state index in [1.807, 2.05) is 30.3 Å².